The van der Waals surface area contributed by atoms with Gasteiger partial charge in [0.1, 0.15) is 5.82 Å². The summed E-state index contributed by atoms with van der Waals surface area (Å²) in [6.45, 7) is 4.47. The Labute approximate surface area is 140 Å². The molecule has 1 aromatic heterocycles. The van der Waals surface area contributed by atoms with E-state index >= 15 is 0 Å². The van der Waals surface area contributed by atoms with Crippen LogP contribution in [-0.4, -0.2) is 46.9 Å². The molecule has 24 heavy (non-hydrogen) atoms. The summed E-state index contributed by atoms with van der Waals surface area (Å²) in [4.78, 5) is 26.9. The van der Waals surface area contributed by atoms with Gasteiger partial charge in [-0.15, -0.1) is 0 Å². The predicted molar refractivity (Wildman–Crippen MR) is 90.5 cm³/mol. The lowest BCUT2D eigenvalue weighted by Crippen LogP contribution is -2.41. The molecule has 3 N–H and O–H groups in total. The molecule has 1 aromatic rings. The first kappa shape index (κ1) is 16.8. The van der Waals surface area contributed by atoms with Gasteiger partial charge < -0.3 is 10.2 Å². The summed E-state index contributed by atoms with van der Waals surface area (Å²) in [7, 11) is 0. The van der Waals surface area contributed by atoms with Crippen molar-refractivity contribution in [1.82, 2.24) is 14.0 Å². The van der Waals surface area contributed by atoms with Crippen LogP contribution >= 0.6 is 0 Å². The second-order valence-corrected chi connectivity index (χ2v) is 6.18. The highest BCUT2D eigenvalue weighted by molar-refractivity contribution is 5.32. The van der Waals surface area contributed by atoms with Gasteiger partial charge in [0.05, 0.1) is 26.3 Å². The van der Waals surface area contributed by atoms with Gasteiger partial charge in [-0.3, -0.25) is 14.3 Å². The Balaban J connectivity index is 1.72. The lowest BCUT2D eigenvalue weighted by Gasteiger charge is -2.24. The van der Waals surface area contributed by atoms with E-state index in [2.05, 4.69) is 22.2 Å². The molecule has 0 spiro atoms. The molecule has 8 nitrogen and oxygen atoms in total. The van der Waals surface area contributed by atoms with Crippen LogP contribution in [0.3, 0.4) is 0 Å². The molecule has 2 fully saturated rings. The number of nitrogens with one attached hydrogen (secondary N) is 1. The molecule has 1 aliphatic heterocycles. The molecule has 130 valence electrons. The Bertz CT molecular complexity index is 748. The van der Waals surface area contributed by atoms with E-state index in [0.717, 1.165) is 43.7 Å². The third-order valence-electron chi connectivity index (χ3n) is 4.33. The number of nitrogens with two attached hydrogens (primary N) is 1. The Kier molecular flexibility index (Phi) is 5.35. The SMILES string of the molecule is NNc1cc(=O)n(CC#CCN2CCOCC2)c(=O)n1CC1CC1. The largest absolute Gasteiger partial charge is 0.379 e. The van der Waals surface area contributed by atoms with Gasteiger partial charge in [-0.25, -0.2) is 15.2 Å². The van der Waals surface area contributed by atoms with E-state index in [9.17, 15) is 9.59 Å². The average Bonchev–Trinajstić information content (AvgIpc) is 3.41. The Hall–Kier alpha value is -2.08. The fraction of sp³-hybridized carbons (Fsp3) is 0.625. The zero-order valence-corrected chi connectivity index (χ0v) is 13.7. The molecule has 3 rings (SSSR count). The highest BCUT2D eigenvalue weighted by Crippen LogP contribution is 2.30. The summed E-state index contributed by atoms with van der Waals surface area (Å²) in [6, 6.07) is 1.35. The first-order chi connectivity index (χ1) is 11.7. The summed E-state index contributed by atoms with van der Waals surface area (Å²) >= 11 is 0. The van der Waals surface area contributed by atoms with E-state index in [1.165, 1.54) is 10.6 Å². The molecule has 0 atom stereocenters. The molecular formula is C16H23N5O3. The van der Waals surface area contributed by atoms with E-state index in [1.807, 2.05) is 0 Å². The number of nitrogens with zero attached hydrogens (tertiary/aromatic N) is 3. The van der Waals surface area contributed by atoms with E-state index in [4.69, 9.17) is 10.6 Å². The highest BCUT2D eigenvalue weighted by Gasteiger charge is 2.24. The minimum Gasteiger partial charge on any atom is -0.379 e. The van der Waals surface area contributed by atoms with Crippen LogP contribution in [0.25, 0.3) is 0 Å². The third-order valence-corrected chi connectivity index (χ3v) is 4.33. The highest BCUT2D eigenvalue weighted by atomic mass is 16.5. The fourth-order valence-electron chi connectivity index (χ4n) is 2.68. The zero-order chi connectivity index (χ0) is 16.9. The van der Waals surface area contributed by atoms with Gasteiger partial charge in [0.25, 0.3) is 5.56 Å². The predicted octanol–water partition coefficient (Wildman–Crippen LogP) is -0.959. The zero-order valence-electron chi connectivity index (χ0n) is 13.7. The van der Waals surface area contributed by atoms with Crippen molar-refractivity contribution < 1.29 is 4.74 Å². The number of nitrogen functional groups attached to an aromatic ring is 1. The number of morpholine rings is 1. The summed E-state index contributed by atoms with van der Waals surface area (Å²) in [5, 5.41) is 0. The molecule has 0 unspecified atom stereocenters. The molecule has 0 aromatic carbocycles. The van der Waals surface area contributed by atoms with E-state index < -0.39 is 0 Å². The third kappa shape index (κ3) is 4.06. The summed E-state index contributed by atoms with van der Waals surface area (Å²) in [5.74, 6) is 12.2. The molecule has 0 radical (unpaired) electrons. The average molecular weight is 333 g/mol. The van der Waals surface area contributed by atoms with E-state index in [1.54, 1.807) is 0 Å². The van der Waals surface area contributed by atoms with Crippen molar-refractivity contribution in [3.63, 3.8) is 0 Å². The minimum absolute atomic E-state index is 0.0948. The maximum atomic E-state index is 12.6. The van der Waals surface area contributed by atoms with Gasteiger partial charge in [0, 0.05) is 25.7 Å². The van der Waals surface area contributed by atoms with Crippen LogP contribution in [0.2, 0.25) is 0 Å². The van der Waals surface area contributed by atoms with Crippen LogP contribution < -0.4 is 22.5 Å². The smallest absolute Gasteiger partial charge is 0.333 e. The number of hydrogen-bond acceptors (Lipinski definition) is 6. The van der Waals surface area contributed by atoms with Crippen molar-refractivity contribution in [2.75, 3.05) is 38.3 Å². The number of hydrazine groups is 1. The van der Waals surface area contributed by atoms with Gasteiger partial charge >= 0.3 is 5.69 Å². The molecule has 8 heteroatoms. The first-order valence-electron chi connectivity index (χ1n) is 8.26. The summed E-state index contributed by atoms with van der Waals surface area (Å²) in [6.07, 6.45) is 2.21. The molecule has 2 heterocycles. The Morgan fingerprint density at radius 3 is 2.54 bits per heavy atom. The van der Waals surface area contributed by atoms with Gasteiger partial charge in [-0.1, -0.05) is 11.8 Å². The summed E-state index contributed by atoms with van der Waals surface area (Å²) < 4.78 is 7.98. The van der Waals surface area contributed by atoms with Crippen LogP contribution in [0.15, 0.2) is 15.7 Å². The number of anilines is 1. The van der Waals surface area contributed by atoms with Gasteiger partial charge in [-0.2, -0.15) is 0 Å². The van der Waals surface area contributed by atoms with Gasteiger partial charge in [0.2, 0.25) is 0 Å². The molecule has 1 saturated heterocycles. The molecule has 1 aliphatic carbocycles. The van der Waals surface area contributed by atoms with Crippen LogP contribution in [0.4, 0.5) is 5.82 Å². The van der Waals surface area contributed by atoms with Gasteiger partial charge in [0.15, 0.2) is 0 Å². The van der Waals surface area contributed by atoms with Crippen LogP contribution in [-0.2, 0) is 17.8 Å². The van der Waals surface area contributed by atoms with Crippen molar-refractivity contribution in [1.29, 1.82) is 0 Å². The standard InChI is InChI=1S/C16H23N5O3/c17-18-14-11-15(22)20(16(23)21(14)12-13-3-4-13)6-2-1-5-19-7-9-24-10-8-19/h11,13,18H,3-10,12,17H2. The monoisotopic (exact) mass is 333 g/mol. The van der Waals surface area contributed by atoms with Crippen molar-refractivity contribution in [3.05, 3.63) is 26.9 Å². The van der Waals surface area contributed by atoms with Crippen LogP contribution in [0, 0.1) is 17.8 Å². The number of aromatic nitrogens is 2. The molecule has 2 aliphatic rings. The maximum absolute atomic E-state index is 12.6. The second kappa shape index (κ2) is 7.66. The first-order valence-corrected chi connectivity index (χ1v) is 8.26. The maximum Gasteiger partial charge on any atom is 0.333 e. The van der Waals surface area contributed by atoms with Crippen molar-refractivity contribution >= 4 is 5.82 Å². The number of ether oxygens (including phenoxy) is 1. The van der Waals surface area contributed by atoms with Gasteiger partial charge in [-0.05, 0) is 18.8 Å². The van der Waals surface area contributed by atoms with E-state index in [0.29, 0.717) is 24.8 Å². The molecular weight excluding hydrogens is 310 g/mol. The Morgan fingerprint density at radius 1 is 1.17 bits per heavy atom. The Morgan fingerprint density at radius 2 is 1.88 bits per heavy atom. The molecule has 0 bridgehead atoms. The molecule has 0 amide bonds. The molecule has 1 saturated carbocycles. The van der Waals surface area contributed by atoms with E-state index in [-0.39, 0.29) is 17.8 Å². The lowest BCUT2D eigenvalue weighted by molar-refractivity contribution is 0.0443. The quantitative estimate of drug-likeness (QED) is 0.409. The summed E-state index contributed by atoms with van der Waals surface area (Å²) in [5.41, 5.74) is 1.70. The fourth-order valence-corrected chi connectivity index (χ4v) is 2.68. The van der Waals surface area contributed by atoms with Crippen LogP contribution in [0.5, 0.6) is 0 Å². The lowest BCUT2D eigenvalue weighted by atomic mass is 10.4. The minimum atomic E-state index is -0.388. The normalized spacial score (nSPS) is 18.0. The second-order valence-electron chi connectivity index (χ2n) is 6.18. The van der Waals surface area contributed by atoms with Crippen molar-refractivity contribution in [2.24, 2.45) is 11.8 Å². The van der Waals surface area contributed by atoms with Crippen molar-refractivity contribution in [3.8, 4) is 11.8 Å². The number of rotatable bonds is 5. The van der Waals surface area contributed by atoms with Crippen molar-refractivity contribution in [2.45, 2.75) is 25.9 Å². The van der Waals surface area contributed by atoms with Crippen LogP contribution in [0.1, 0.15) is 12.8 Å². The number of hydrogen-bond donors (Lipinski definition) is 2. The topological polar surface area (TPSA) is 94.5 Å².